The third-order valence-electron chi connectivity index (χ3n) is 4.22. The van der Waals surface area contributed by atoms with Crippen molar-refractivity contribution in [2.45, 2.75) is 32.2 Å². The van der Waals surface area contributed by atoms with Crippen molar-refractivity contribution >= 4 is 11.6 Å². The molecule has 1 aliphatic carbocycles. The minimum Gasteiger partial charge on any atom is -0.385 e. The Labute approximate surface area is 126 Å². The molecule has 2 aliphatic rings. The Morgan fingerprint density at radius 1 is 1.33 bits per heavy atom. The van der Waals surface area contributed by atoms with Crippen LogP contribution in [0.1, 0.15) is 36.7 Å². The van der Waals surface area contributed by atoms with E-state index in [1.807, 2.05) is 17.0 Å². The van der Waals surface area contributed by atoms with Crippen LogP contribution in [0.15, 0.2) is 18.3 Å². The van der Waals surface area contributed by atoms with Crippen LogP contribution in [0.25, 0.3) is 0 Å². The van der Waals surface area contributed by atoms with Gasteiger partial charge < -0.3 is 10.2 Å². The van der Waals surface area contributed by atoms with Crippen LogP contribution in [0, 0.1) is 0 Å². The molecule has 5 heteroatoms. The summed E-state index contributed by atoms with van der Waals surface area (Å²) in [6.07, 6.45) is 5.45. The van der Waals surface area contributed by atoms with Gasteiger partial charge in [-0.05, 0) is 31.4 Å². The first kappa shape index (κ1) is 14.3. The van der Waals surface area contributed by atoms with Gasteiger partial charge in [-0.15, -0.1) is 0 Å². The predicted molar refractivity (Wildman–Crippen MR) is 83.5 cm³/mol. The van der Waals surface area contributed by atoms with Gasteiger partial charge in [-0.25, -0.2) is 0 Å². The second-order valence-corrected chi connectivity index (χ2v) is 5.92. The van der Waals surface area contributed by atoms with Crippen LogP contribution in [0.5, 0.6) is 0 Å². The number of amides is 1. The van der Waals surface area contributed by atoms with Crippen molar-refractivity contribution in [2.75, 3.05) is 38.0 Å². The van der Waals surface area contributed by atoms with E-state index in [9.17, 15) is 4.79 Å². The van der Waals surface area contributed by atoms with Crippen molar-refractivity contribution in [3.8, 4) is 0 Å². The molecule has 1 aromatic rings. The van der Waals surface area contributed by atoms with Gasteiger partial charge in [0.1, 0.15) is 5.69 Å². The molecule has 1 N–H and O–H groups in total. The topological polar surface area (TPSA) is 48.5 Å². The number of hydrogen-bond acceptors (Lipinski definition) is 4. The highest BCUT2D eigenvalue weighted by Crippen LogP contribution is 2.27. The zero-order chi connectivity index (χ0) is 14.7. The molecule has 1 aliphatic heterocycles. The lowest BCUT2D eigenvalue weighted by molar-refractivity contribution is 0.0621. The number of piperazine rings is 1. The van der Waals surface area contributed by atoms with Gasteiger partial charge in [-0.3, -0.25) is 14.7 Å². The smallest absolute Gasteiger partial charge is 0.272 e. The number of nitrogens with zero attached hydrogens (tertiary/aromatic N) is 3. The maximum absolute atomic E-state index is 12.5. The van der Waals surface area contributed by atoms with Crippen LogP contribution in [-0.2, 0) is 0 Å². The van der Waals surface area contributed by atoms with Gasteiger partial charge in [0.2, 0.25) is 0 Å². The minimum atomic E-state index is 0.0607. The predicted octanol–water partition coefficient (Wildman–Crippen LogP) is 1.82. The number of rotatable bonds is 5. The number of carbonyl (C=O) groups excluding carboxylic acids is 1. The fraction of sp³-hybridized carbons (Fsp3) is 0.625. The second kappa shape index (κ2) is 6.43. The Morgan fingerprint density at radius 2 is 2.10 bits per heavy atom. The first-order valence-electron chi connectivity index (χ1n) is 8.01. The highest BCUT2D eigenvalue weighted by Gasteiger charge is 2.32. The van der Waals surface area contributed by atoms with Crippen LogP contribution in [0.3, 0.4) is 0 Å². The summed E-state index contributed by atoms with van der Waals surface area (Å²) in [7, 11) is 0. The van der Waals surface area contributed by atoms with E-state index >= 15 is 0 Å². The summed E-state index contributed by atoms with van der Waals surface area (Å²) in [5.41, 5.74) is 1.53. The van der Waals surface area contributed by atoms with Gasteiger partial charge in [0.25, 0.3) is 5.91 Å². The quantitative estimate of drug-likeness (QED) is 0.898. The Balaban J connectivity index is 1.59. The molecule has 2 heterocycles. The summed E-state index contributed by atoms with van der Waals surface area (Å²) in [5.74, 6) is 0.0607. The van der Waals surface area contributed by atoms with Crippen molar-refractivity contribution in [3.63, 3.8) is 0 Å². The molecule has 0 radical (unpaired) electrons. The lowest BCUT2D eigenvalue weighted by atomic mass is 10.2. The number of hydrogen-bond donors (Lipinski definition) is 1. The van der Waals surface area contributed by atoms with Crippen molar-refractivity contribution in [1.29, 1.82) is 0 Å². The Bertz CT molecular complexity index is 493. The van der Waals surface area contributed by atoms with E-state index in [0.29, 0.717) is 5.69 Å². The summed E-state index contributed by atoms with van der Waals surface area (Å²) in [6.45, 7) is 6.69. The fourth-order valence-electron chi connectivity index (χ4n) is 2.82. The molecule has 5 nitrogen and oxygen atoms in total. The van der Waals surface area contributed by atoms with Gasteiger partial charge in [0.15, 0.2) is 0 Å². The van der Waals surface area contributed by atoms with Gasteiger partial charge >= 0.3 is 0 Å². The van der Waals surface area contributed by atoms with E-state index in [0.717, 1.165) is 50.9 Å². The molecule has 0 aromatic carbocycles. The molecule has 0 spiro atoms. The molecular formula is C16H24N4O. The number of aromatic nitrogens is 1. The van der Waals surface area contributed by atoms with Gasteiger partial charge in [0, 0.05) is 50.6 Å². The number of pyridine rings is 1. The van der Waals surface area contributed by atoms with Gasteiger partial charge in [-0.2, -0.15) is 0 Å². The van der Waals surface area contributed by atoms with Gasteiger partial charge in [0.05, 0.1) is 0 Å². The molecule has 0 bridgehead atoms. The van der Waals surface area contributed by atoms with E-state index in [2.05, 4.69) is 22.1 Å². The third-order valence-corrected chi connectivity index (χ3v) is 4.22. The summed E-state index contributed by atoms with van der Waals surface area (Å²) < 4.78 is 0. The van der Waals surface area contributed by atoms with Crippen LogP contribution >= 0.6 is 0 Å². The highest BCUT2D eigenvalue weighted by molar-refractivity contribution is 5.93. The molecule has 114 valence electrons. The zero-order valence-corrected chi connectivity index (χ0v) is 12.7. The van der Waals surface area contributed by atoms with Crippen LogP contribution in [-0.4, -0.2) is 59.5 Å². The van der Waals surface area contributed by atoms with E-state index in [4.69, 9.17) is 0 Å². The van der Waals surface area contributed by atoms with Crippen molar-refractivity contribution in [2.24, 2.45) is 0 Å². The maximum Gasteiger partial charge on any atom is 0.272 e. The van der Waals surface area contributed by atoms with Crippen molar-refractivity contribution in [3.05, 3.63) is 24.0 Å². The molecular weight excluding hydrogens is 264 g/mol. The SMILES string of the molecule is CCCNc1ccnc(C(=O)N2CCN(C3CC3)CC2)c1. The van der Waals surface area contributed by atoms with E-state index in [-0.39, 0.29) is 5.91 Å². The Morgan fingerprint density at radius 3 is 2.76 bits per heavy atom. The van der Waals surface area contributed by atoms with Crippen molar-refractivity contribution < 1.29 is 4.79 Å². The number of carbonyl (C=O) groups is 1. The first-order valence-corrected chi connectivity index (χ1v) is 8.01. The summed E-state index contributed by atoms with van der Waals surface area (Å²) in [6, 6.07) is 4.57. The second-order valence-electron chi connectivity index (χ2n) is 5.92. The molecule has 21 heavy (non-hydrogen) atoms. The molecule has 0 atom stereocenters. The van der Waals surface area contributed by atoms with E-state index < -0.39 is 0 Å². The molecule has 2 fully saturated rings. The average molecular weight is 288 g/mol. The van der Waals surface area contributed by atoms with Crippen molar-refractivity contribution in [1.82, 2.24) is 14.8 Å². The lowest BCUT2D eigenvalue weighted by Gasteiger charge is -2.34. The number of anilines is 1. The molecule has 1 saturated carbocycles. The summed E-state index contributed by atoms with van der Waals surface area (Å²) in [5, 5.41) is 3.30. The van der Waals surface area contributed by atoms with E-state index in [1.165, 1.54) is 12.8 Å². The Kier molecular flexibility index (Phi) is 4.39. The Hall–Kier alpha value is -1.62. The molecule has 1 saturated heterocycles. The highest BCUT2D eigenvalue weighted by atomic mass is 16.2. The third kappa shape index (κ3) is 3.53. The zero-order valence-electron chi connectivity index (χ0n) is 12.7. The molecule has 3 rings (SSSR count). The van der Waals surface area contributed by atoms with E-state index in [1.54, 1.807) is 6.20 Å². The molecule has 1 aromatic heterocycles. The number of nitrogens with one attached hydrogen (secondary N) is 1. The lowest BCUT2D eigenvalue weighted by Crippen LogP contribution is -2.49. The monoisotopic (exact) mass is 288 g/mol. The maximum atomic E-state index is 12.5. The first-order chi connectivity index (χ1) is 10.3. The summed E-state index contributed by atoms with van der Waals surface area (Å²) >= 11 is 0. The van der Waals surface area contributed by atoms with Gasteiger partial charge in [-0.1, -0.05) is 6.92 Å². The standard InChI is InChI=1S/C16H24N4O/c1-2-6-17-13-5-7-18-15(12-13)16(21)20-10-8-19(9-11-20)14-3-4-14/h5,7,12,14H,2-4,6,8-11H2,1H3,(H,17,18). The molecule has 1 amide bonds. The van der Waals surface area contributed by atoms with Crippen LogP contribution < -0.4 is 5.32 Å². The van der Waals surface area contributed by atoms with Crippen LogP contribution in [0.2, 0.25) is 0 Å². The van der Waals surface area contributed by atoms with Crippen LogP contribution in [0.4, 0.5) is 5.69 Å². The molecule has 0 unspecified atom stereocenters. The largest absolute Gasteiger partial charge is 0.385 e. The minimum absolute atomic E-state index is 0.0607. The fourth-order valence-corrected chi connectivity index (χ4v) is 2.82. The summed E-state index contributed by atoms with van der Waals surface area (Å²) in [4.78, 5) is 21.2. The average Bonchev–Trinajstić information content (AvgIpc) is 3.37. The normalized spacial score (nSPS) is 19.6.